The Kier molecular flexibility index (Phi) is 3.19. The van der Waals surface area contributed by atoms with Crippen molar-refractivity contribution in [3.8, 4) is 16.9 Å². The van der Waals surface area contributed by atoms with Crippen LogP contribution in [0.3, 0.4) is 0 Å². The Balaban J connectivity index is 2.55. The number of ether oxygens (including phenoxy) is 1. The van der Waals surface area contributed by atoms with Crippen LogP contribution in [0, 0.1) is 6.92 Å². The van der Waals surface area contributed by atoms with Gasteiger partial charge in [0.2, 0.25) is 0 Å². The van der Waals surface area contributed by atoms with Gasteiger partial charge in [0.1, 0.15) is 5.75 Å². The summed E-state index contributed by atoms with van der Waals surface area (Å²) in [5.41, 5.74) is 3.43. The summed E-state index contributed by atoms with van der Waals surface area (Å²) in [4.78, 5) is 15.2. The van der Waals surface area contributed by atoms with Gasteiger partial charge in [0.05, 0.1) is 7.11 Å². The Hall–Kier alpha value is -2.16. The first kappa shape index (κ1) is 11.3. The van der Waals surface area contributed by atoms with Crippen molar-refractivity contribution in [2.24, 2.45) is 0 Å². The van der Waals surface area contributed by atoms with Crippen molar-refractivity contribution < 1.29 is 9.53 Å². The number of methoxy groups -OCH3 is 1. The molecule has 86 valence electrons. The highest BCUT2D eigenvalue weighted by molar-refractivity contribution is 5.88. The molecule has 3 heteroatoms. The normalized spacial score (nSPS) is 10.0. The highest BCUT2D eigenvalue weighted by atomic mass is 16.5. The van der Waals surface area contributed by atoms with Gasteiger partial charge in [-0.25, -0.2) is 0 Å². The fourth-order valence-electron chi connectivity index (χ4n) is 1.74. The maximum atomic E-state index is 11.1. The van der Waals surface area contributed by atoms with Gasteiger partial charge in [-0.2, -0.15) is 0 Å². The maximum Gasteiger partial charge on any atom is 0.150 e. The van der Waals surface area contributed by atoms with Crippen molar-refractivity contribution in [3.63, 3.8) is 0 Å². The van der Waals surface area contributed by atoms with Crippen LogP contribution < -0.4 is 4.74 Å². The van der Waals surface area contributed by atoms with E-state index in [2.05, 4.69) is 4.98 Å². The first-order chi connectivity index (χ1) is 8.24. The summed E-state index contributed by atoms with van der Waals surface area (Å²) in [5, 5.41) is 0. The molecule has 0 spiro atoms. The number of carbonyl (C=O) groups excluding carboxylic acids is 1. The fourth-order valence-corrected chi connectivity index (χ4v) is 1.74. The van der Waals surface area contributed by atoms with Gasteiger partial charge in [0, 0.05) is 17.5 Å². The minimum absolute atomic E-state index is 0.620. The van der Waals surface area contributed by atoms with Gasteiger partial charge in [-0.15, -0.1) is 0 Å². The molecule has 0 N–H and O–H groups in total. The number of rotatable bonds is 3. The molecule has 17 heavy (non-hydrogen) atoms. The van der Waals surface area contributed by atoms with E-state index < -0.39 is 0 Å². The van der Waals surface area contributed by atoms with Crippen molar-refractivity contribution >= 4 is 6.29 Å². The lowest BCUT2D eigenvalue weighted by molar-refractivity contribution is 0.112. The number of benzene rings is 1. The minimum Gasteiger partial charge on any atom is -0.497 e. The van der Waals surface area contributed by atoms with Crippen LogP contribution in [0.2, 0.25) is 0 Å². The number of aldehydes is 1. The lowest BCUT2D eigenvalue weighted by Gasteiger charge is -2.07. The molecule has 0 aliphatic carbocycles. The third kappa shape index (κ3) is 2.33. The van der Waals surface area contributed by atoms with Crippen molar-refractivity contribution in [2.75, 3.05) is 7.11 Å². The van der Waals surface area contributed by atoms with Crippen LogP contribution in [0.5, 0.6) is 5.75 Å². The zero-order valence-electron chi connectivity index (χ0n) is 9.81. The topological polar surface area (TPSA) is 39.2 Å². The molecule has 1 heterocycles. The number of aryl methyl sites for hydroxylation is 1. The number of aromatic nitrogens is 1. The van der Waals surface area contributed by atoms with E-state index >= 15 is 0 Å². The van der Waals surface area contributed by atoms with Crippen LogP contribution in [0.1, 0.15) is 16.1 Å². The van der Waals surface area contributed by atoms with E-state index in [1.54, 1.807) is 19.4 Å². The molecule has 0 unspecified atom stereocenters. The van der Waals surface area contributed by atoms with E-state index in [0.717, 1.165) is 23.1 Å². The fraction of sp³-hybridized carbons (Fsp3) is 0.143. The molecule has 2 aromatic rings. The van der Waals surface area contributed by atoms with Crippen molar-refractivity contribution in [2.45, 2.75) is 6.92 Å². The summed E-state index contributed by atoms with van der Waals surface area (Å²) in [6, 6.07) is 9.31. The second-order valence-corrected chi connectivity index (χ2v) is 3.76. The molecule has 3 nitrogen and oxygen atoms in total. The molecule has 0 atom stereocenters. The highest BCUT2D eigenvalue weighted by Gasteiger charge is 2.06. The van der Waals surface area contributed by atoms with E-state index in [1.165, 1.54) is 0 Å². The Labute approximate surface area is 100 Å². The van der Waals surface area contributed by atoms with E-state index in [1.807, 2.05) is 31.2 Å². The number of hydrogen-bond donors (Lipinski definition) is 0. The van der Waals surface area contributed by atoms with E-state index in [0.29, 0.717) is 11.3 Å². The SMILES string of the molecule is COc1ccc(-c2ccnc(C)c2)c(C=O)c1. The average molecular weight is 227 g/mol. The molecule has 0 fully saturated rings. The van der Waals surface area contributed by atoms with Gasteiger partial charge in [-0.05, 0) is 48.4 Å². The molecule has 0 aliphatic heterocycles. The Morgan fingerprint density at radius 1 is 1.24 bits per heavy atom. The highest BCUT2D eigenvalue weighted by Crippen LogP contribution is 2.26. The largest absolute Gasteiger partial charge is 0.497 e. The smallest absolute Gasteiger partial charge is 0.150 e. The molecule has 0 saturated carbocycles. The van der Waals surface area contributed by atoms with Crippen LogP contribution in [0.15, 0.2) is 36.5 Å². The molecule has 0 radical (unpaired) electrons. The van der Waals surface area contributed by atoms with Gasteiger partial charge in [0.15, 0.2) is 6.29 Å². The third-order valence-corrected chi connectivity index (χ3v) is 2.59. The predicted molar refractivity (Wildman–Crippen MR) is 66.3 cm³/mol. The number of pyridine rings is 1. The van der Waals surface area contributed by atoms with E-state index in [9.17, 15) is 4.79 Å². The molecule has 1 aromatic carbocycles. The Morgan fingerprint density at radius 2 is 2.06 bits per heavy atom. The maximum absolute atomic E-state index is 11.1. The summed E-state index contributed by atoms with van der Waals surface area (Å²) in [6.45, 7) is 1.92. The van der Waals surface area contributed by atoms with E-state index in [-0.39, 0.29) is 0 Å². The zero-order chi connectivity index (χ0) is 12.3. The van der Waals surface area contributed by atoms with Crippen LogP contribution in [-0.4, -0.2) is 18.4 Å². The van der Waals surface area contributed by atoms with Gasteiger partial charge >= 0.3 is 0 Å². The summed E-state index contributed by atoms with van der Waals surface area (Å²) in [5.74, 6) is 0.682. The number of carbonyl (C=O) groups is 1. The standard InChI is InChI=1S/C14H13NO2/c1-10-7-11(5-6-15-10)14-4-3-13(17-2)8-12(14)9-16/h3-9H,1-2H3. The summed E-state index contributed by atoms with van der Waals surface area (Å²) >= 11 is 0. The Bertz CT molecular complexity index is 550. The predicted octanol–water partition coefficient (Wildman–Crippen LogP) is 2.88. The summed E-state index contributed by atoms with van der Waals surface area (Å²) in [7, 11) is 1.58. The molecular formula is C14H13NO2. The zero-order valence-corrected chi connectivity index (χ0v) is 9.81. The molecule has 0 bridgehead atoms. The first-order valence-electron chi connectivity index (χ1n) is 5.31. The quantitative estimate of drug-likeness (QED) is 0.757. The van der Waals surface area contributed by atoms with Crippen LogP contribution >= 0.6 is 0 Å². The second-order valence-electron chi connectivity index (χ2n) is 3.76. The van der Waals surface area contributed by atoms with Gasteiger partial charge in [-0.3, -0.25) is 9.78 Å². The minimum atomic E-state index is 0.620. The molecule has 0 saturated heterocycles. The van der Waals surface area contributed by atoms with E-state index in [4.69, 9.17) is 4.74 Å². The van der Waals surface area contributed by atoms with Crippen LogP contribution in [0.4, 0.5) is 0 Å². The molecule has 2 rings (SSSR count). The van der Waals surface area contributed by atoms with Crippen molar-refractivity contribution in [1.82, 2.24) is 4.98 Å². The second kappa shape index (κ2) is 4.78. The lowest BCUT2D eigenvalue weighted by Crippen LogP contribution is -1.91. The molecule has 0 aliphatic rings. The third-order valence-electron chi connectivity index (χ3n) is 2.59. The monoisotopic (exact) mass is 227 g/mol. The molecule has 0 amide bonds. The first-order valence-corrected chi connectivity index (χ1v) is 5.31. The molecule has 1 aromatic heterocycles. The van der Waals surface area contributed by atoms with Gasteiger partial charge in [0.25, 0.3) is 0 Å². The van der Waals surface area contributed by atoms with Crippen molar-refractivity contribution in [1.29, 1.82) is 0 Å². The number of nitrogens with zero attached hydrogens (tertiary/aromatic N) is 1. The average Bonchev–Trinajstić information content (AvgIpc) is 2.38. The lowest BCUT2D eigenvalue weighted by atomic mass is 10.0. The number of hydrogen-bond acceptors (Lipinski definition) is 3. The van der Waals surface area contributed by atoms with Gasteiger partial charge < -0.3 is 4.74 Å². The summed E-state index contributed by atoms with van der Waals surface area (Å²) < 4.78 is 5.10. The van der Waals surface area contributed by atoms with Crippen LogP contribution in [-0.2, 0) is 0 Å². The van der Waals surface area contributed by atoms with Crippen molar-refractivity contribution in [3.05, 3.63) is 47.8 Å². The van der Waals surface area contributed by atoms with Gasteiger partial charge in [-0.1, -0.05) is 0 Å². The molecular weight excluding hydrogens is 214 g/mol. The van der Waals surface area contributed by atoms with Crippen LogP contribution in [0.25, 0.3) is 11.1 Å². The summed E-state index contributed by atoms with van der Waals surface area (Å²) in [6.07, 6.45) is 2.58. The Morgan fingerprint density at radius 3 is 2.71 bits per heavy atom.